The van der Waals surface area contributed by atoms with Crippen molar-refractivity contribution in [2.75, 3.05) is 6.61 Å². The Morgan fingerprint density at radius 2 is 2.18 bits per heavy atom. The molecule has 0 saturated carbocycles. The molecule has 0 bridgehead atoms. The molecule has 1 N–H and O–H groups in total. The summed E-state index contributed by atoms with van der Waals surface area (Å²) in [4.78, 5) is 12.0. The van der Waals surface area contributed by atoms with Gasteiger partial charge in [-0.15, -0.1) is 0 Å². The van der Waals surface area contributed by atoms with E-state index in [-0.39, 0.29) is 12.5 Å². The average molecular weight is 323 g/mol. The van der Waals surface area contributed by atoms with Crippen LogP contribution in [0.15, 0.2) is 18.2 Å². The highest BCUT2D eigenvalue weighted by molar-refractivity contribution is 6.30. The fraction of sp³-hybridized carbons (Fsp3) is 0.529. The number of nitrogens with one attached hydrogen (secondary N) is 1. The number of nitriles is 1. The Morgan fingerprint density at radius 3 is 2.77 bits per heavy atom. The first kappa shape index (κ1) is 18.3. The maximum absolute atomic E-state index is 12.0. The fourth-order valence-corrected chi connectivity index (χ4v) is 2.36. The lowest BCUT2D eigenvalue weighted by Crippen LogP contribution is -2.46. The van der Waals surface area contributed by atoms with Crippen LogP contribution in [0.25, 0.3) is 0 Å². The van der Waals surface area contributed by atoms with Crippen molar-refractivity contribution in [2.24, 2.45) is 0 Å². The van der Waals surface area contributed by atoms with Crippen molar-refractivity contribution in [1.82, 2.24) is 5.32 Å². The molecular weight excluding hydrogens is 300 g/mol. The first-order valence-electron chi connectivity index (χ1n) is 7.51. The Kier molecular flexibility index (Phi) is 7.20. The molecule has 5 heteroatoms. The zero-order valence-electron chi connectivity index (χ0n) is 13.4. The minimum absolute atomic E-state index is 0.118. The Labute approximate surface area is 137 Å². The molecule has 120 valence electrons. The number of benzene rings is 1. The van der Waals surface area contributed by atoms with Crippen molar-refractivity contribution < 1.29 is 9.53 Å². The van der Waals surface area contributed by atoms with Crippen molar-refractivity contribution in [3.63, 3.8) is 0 Å². The quantitative estimate of drug-likeness (QED) is 0.736. The first-order chi connectivity index (χ1) is 10.4. The van der Waals surface area contributed by atoms with Gasteiger partial charge in [0.1, 0.15) is 11.3 Å². The van der Waals surface area contributed by atoms with E-state index in [1.165, 1.54) is 0 Å². The molecule has 0 radical (unpaired) electrons. The normalized spacial score (nSPS) is 13.0. The number of unbranched alkanes of at least 4 members (excludes halogenated alkanes) is 2. The predicted molar refractivity (Wildman–Crippen MR) is 88.0 cm³/mol. The summed E-state index contributed by atoms with van der Waals surface area (Å²) in [6.45, 7) is 5.59. The Hall–Kier alpha value is -1.73. The molecule has 4 nitrogen and oxygen atoms in total. The van der Waals surface area contributed by atoms with Crippen molar-refractivity contribution in [3.8, 4) is 11.8 Å². The third kappa shape index (κ3) is 5.95. The predicted octanol–water partition coefficient (Wildman–Crippen LogP) is 4.01. The van der Waals surface area contributed by atoms with E-state index in [1.54, 1.807) is 25.1 Å². The topological polar surface area (TPSA) is 62.1 Å². The maximum Gasteiger partial charge on any atom is 0.259 e. The molecule has 1 rings (SSSR count). The van der Waals surface area contributed by atoms with Crippen molar-refractivity contribution in [3.05, 3.63) is 28.8 Å². The van der Waals surface area contributed by atoms with Crippen LogP contribution in [-0.2, 0) is 4.79 Å². The Morgan fingerprint density at radius 1 is 1.45 bits per heavy atom. The fourth-order valence-electron chi connectivity index (χ4n) is 2.14. The molecule has 1 aromatic carbocycles. The molecule has 0 aliphatic carbocycles. The van der Waals surface area contributed by atoms with Gasteiger partial charge in [-0.2, -0.15) is 5.26 Å². The van der Waals surface area contributed by atoms with Gasteiger partial charge in [-0.1, -0.05) is 37.8 Å². The number of aryl methyl sites for hydroxylation is 1. The second-order valence-corrected chi connectivity index (χ2v) is 6.08. The third-order valence-corrected chi connectivity index (χ3v) is 3.67. The van der Waals surface area contributed by atoms with Crippen molar-refractivity contribution >= 4 is 17.5 Å². The van der Waals surface area contributed by atoms with Crippen LogP contribution < -0.4 is 10.1 Å². The van der Waals surface area contributed by atoms with E-state index in [1.807, 2.05) is 6.92 Å². The van der Waals surface area contributed by atoms with Gasteiger partial charge in [-0.3, -0.25) is 4.79 Å². The van der Waals surface area contributed by atoms with Crippen LogP contribution in [0.4, 0.5) is 0 Å². The summed E-state index contributed by atoms with van der Waals surface area (Å²) in [7, 11) is 0. The van der Waals surface area contributed by atoms with Crippen LogP contribution in [0.1, 0.15) is 45.1 Å². The zero-order chi connectivity index (χ0) is 16.6. The van der Waals surface area contributed by atoms with Crippen molar-refractivity contribution in [1.29, 1.82) is 5.26 Å². The number of carbonyl (C=O) groups is 1. The second-order valence-electron chi connectivity index (χ2n) is 5.65. The van der Waals surface area contributed by atoms with Gasteiger partial charge in [0.2, 0.25) is 0 Å². The minimum Gasteiger partial charge on any atom is -0.484 e. The highest BCUT2D eigenvalue weighted by atomic mass is 35.5. The minimum atomic E-state index is -0.843. The summed E-state index contributed by atoms with van der Waals surface area (Å²) in [5.41, 5.74) is 0.0243. The highest BCUT2D eigenvalue weighted by Crippen LogP contribution is 2.21. The number of amides is 1. The molecule has 0 aliphatic rings. The molecule has 0 aliphatic heterocycles. The van der Waals surface area contributed by atoms with Gasteiger partial charge in [0.15, 0.2) is 6.61 Å². The summed E-state index contributed by atoms with van der Waals surface area (Å²) in [6, 6.07) is 7.40. The van der Waals surface area contributed by atoms with Gasteiger partial charge >= 0.3 is 0 Å². The number of carbonyl (C=O) groups excluding carboxylic acids is 1. The highest BCUT2D eigenvalue weighted by Gasteiger charge is 2.25. The van der Waals surface area contributed by atoms with Gasteiger partial charge in [0.05, 0.1) is 6.07 Å². The summed E-state index contributed by atoms with van der Waals surface area (Å²) < 4.78 is 5.49. The van der Waals surface area contributed by atoms with Gasteiger partial charge in [0.25, 0.3) is 5.91 Å². The van der Waals surface area contributed by atoms with E-state index in [9.17, 15) is 10.1 Å². The smallest absolute Gasteiger partial charge is 0.259 e. The van der Waals surface area contributed by atoms with E-state index >= 15 is 0 Å². The molecule has 1 unspecified atom stereocenters. The molecule has 0 aromatic heterocycles. The number of nitrogens with zero attached hydrogens (tertiary/aromatic N) is 1. The zero-order valence-corrected chi connectivity index (χ0v) is 14.2. The lowest BCUT2D eigenvalue weighted by atomic mass is 9.96. The van der Waals surface area contributed by atoms with Gasteiger partial charge in [-0.25, -0.2) is 0 Å². The molecule has 1 atom stereocenters. The lowest BCUT2D eigenvalue weighted by molar-refractivity contribution is -0.124. The van der Waals surface area contributed by atoms with E-state index < -0.39 is 5.54 Å². The number of ether oxygens (including phenoxy) is 1. The molecular formula is C17H23ClN2O2. The van der Waals surface area contributed by atoms with Crippen LogP contribution in [-0.4, -0.2) is 18.1 Å². The number of hydrogen-bond acceptors (Lipinski definition) is 3. The largest absolute Gasteiger partial charge is 0.484 e. The third-order valence-electron chi connectivity index (χ3n) is 3.44. The van der Waals surface area contributed by atoms with Crippen LogP contribution in [0, 0.1) is 18.3 Å². The number of halogens is 1. The van der Waals surface area contributed by atoms with E-state index in [2.05, 4.69) is 18.3 Å². The average Bonchev–Trinajstić information content (AvgIpc) is 2.46. The molecule has 0 spiro atoms. The first-order valence-corrected chi connectivity index (χ1v) is 7.89. The Balaban J connectivity index is 2.52. The SMILES string of the molecule is CCCCCC(C)(C#N)NC(=O)COc1ccc(Cl)cc1C. The summed E-state index contributed by atoms with van der Waals surface area (Å²) in [5.74, 6) is 0.319. The van der Waals surface area contributed by atoms with Gasteiger partial charge in [0, 0.05) is 5.02 Å². The lowest BCUT2D eigenvalue weighted by Gasteiger charge is -2.23. The summed E-state index contributed by atoms with van der Waals surface area (Å²) in [5, 5.41) is 12.7. The standard InChI is InChI=1S/C17H23ClN2O2/c1-4-5-6-9-17(3,12-19)20-16(21)11-22-15-8-7-14(18)10-13(15)2/h7-8,10H,4-6,9,11H2,1-3H3,(H,20,21). The number of hydrogen-bond donors (Lipinski definition) is 1. The summed E-state index contributed by atoms with van der Waals surface area (Å²) in [6.07, 6.45) is 3.68. The summed E-state index contributed by atoms with van der Waals surface area (Å²) >= 11 is 5.88. The van der Waals surface area contributed by atoms with E-state index in [0.29, 0.717) is 17.2 Å². The van der Waals surface area contributed by atoms with Crippen LogP contribution >= 0.6 is 11.6 Å². The molecule has 0 heterocycles. The molecule has 1 aromatic rings. The number of rotatable bonds is 8. The van der Waals surface area contributed by atoms with E-state index in [4.69, 9.17) is 16.3 Å². The molecule has 22 heavy (non-hydrogen) atoms. The van der Waals surface area contributed by atoms with Crippen LogP contribution in [0.5, 0.6) is 5.75 Å². The van der Waals surface area contributed by atoms with E-state index in [0.717, 1.165) is 24.8 Å². The maximum atomic E-state index is 12.0. The van der Waals surface area contributed by atoms with Crippen LogP contribution in [0.2, 0.25) is 5.02 Å². The monoisotopic (exact) mass is 322 g/mol. The van der Waals surface area contributed by atoms with Crippen molar-refractivity contribution in [2.45, 2.75) is 52.0 Å². The van der Waals surface area contributed by atoms with Crippen LogP contribution in [0.3, 0.4) is 0 Å². The Bertz CT molecular complexity index is 554. The van der Waals surface area contributed by atoms with Gasteiger partial charge < -0.3 is 10.1 Å². The molecule has 0 saturated heterocycles. The second kappa shape index (κ2) is 8.65. The molecule has 1 amide bonds. The van der Waals surface area contributed by atoms with Gasteiger partial charge in [-0.05, 0) is 44.0 Å². The molecule has 0 fully saturated rings.